The average molecular weight is 308 g/mol. The number of rotatable bonds is 5. The predicted octanol–water partition coefficient (Wildman–Crippen LogP) is 3.62. The fourth-order valence-corrected chi connectivity index (χ4v) is 2.76. The smallest absolute Gasteiger partial charge is 0.305 e. The summed E-state index contributed by atoms with van der Waals surface area (Å²) in [4.78, 5) is 10.8. The highest BCUT2D eigenvalue weighted by Gasteiger charge is 2.17. The van der Waals surface area contributed by atoms with Gasteiger partial charge < -0.3 is 10.5 Å². The van der Waals surface area contributed by atoms with Crippen LogP contribution in [0.25, 0.3) is 0 Å². The molecule has 0 atom stereocenters. The van der Waals surface area contributed by atoms with Crippen LogP contribution in [0, 0.1) is 15.9 Å². The van der Waals surface area contributed by atoms with E-state index in [0.29, 0.717) is 11.4 Å². The number of anilines is 1. The molecule has 0 radical (unpaired) electrons. The van der Waals surface area contributed by atoms with Crippen molar-refractivity contribution in [3.8, 4) is 5.75 Å². The van der Waals surface area contributed by atoms with Crippen LogP contribution in [0.5, 0.6) is 5.75 Å². The minimum atomic E-state index is -0.801. The van der Waals surface area contributed by atoms with Crippen molar-refractivity contribution in [1.29, 1.82) is 0 Å². The number of ether oxygens (including phenoxy) is 1. The summed E-state index contributed by atoms with van der Waals surface area (Å²) in [7, 11) is 1.52. The molecule has 5 nitrogen and oxygen atoms in total. The van der Waals surface area contributed by atoms with Gasteiger partial charge in [0.25, 0.3) is 0 Å². The third-order valence-electron chi connectivity index (χ3n) is 2.83. The third kappa shape index (κ3) is 3.43. The van der Waals surface area contributed by atoms with E-state index in [9.17, 15) is 14.5 Å². The van der Waals surface area contributed by atoms with E-state index in [1.165, 1.54) is 31.0 Å². The van der Waals surface area contributed by atoms with Gasteiger partial charge in [-0.1, -0.05) is 12.1 Å². The lowest BCUT2D eigenvalue weighted by Crippen LogP contribution is -1.96. The molecular weight excluding hydrogens is 295 g/mol. The molecule has 0 unspecified atom stereocenters. The number of benzene rings is 2. The first-order valence-corrected chi connectivity index (χ1v) is 6.99. The van der Waals surface area contributed by atoms with Crippen LogP contribution in [0.3, 0.4) is 0 Å². The van der Waals surface area contributed by atoms with Crippen LogP contribution in [0.15, 0.2) is 41.3 Å². The van der Waals surface area contributed by atoms with Gasteiger partial charge in [-0.05, 0) is 12.1 Å². The van der Waals surface area contributed by atoms with Crippen molar-refractivity contribution in [3.05, 3.63) is 57.9 Å². The lowest BCUT2D eigenvalue weighted by atomic mass is 10.2. The van der Waals surface area contributed by atoms with E-state index in [0.717, 1.165) is 11.0 Å². The van der Waals surface area contributed by atoms with E-state index in [2.05, 4.69) is 0 Å². The molecule has 2 rings (SSSR count). The topological polar surface area (TPSA) is 78.4 Å². The molecule has 0 amide bonds. The molecule has 0 heterocycles. The van der Waals surface area contributed by atoms with Gasteiger partial charge in [0.1, 0.15) is 5.75 Å². The Balaban J connectivity index is 2.21. The first kappa shape index (κ1) is 15.1. The zero-order chi connectivity index (χ0) is 15.4. The second kappa shape index (κ2) is 6.45. The molecule has 0 aliphatic carbocycles. The van der Waals surface area contributed by atoms with Crippen LogP contribution in [0.4, 0.5) is 15.8 Å². The Morgan fingerprint density at radius 3 is 2.81 bits per heavy atom. The number of nitro groups is 1. The predicted molar refractivity (Wildman–Crippen MR) is 80.0 cm³/mol. The highest BCUT2D eigenvalue weighted by molar-refractivity contribution is 7.98. The van der Waals surface area contributed by atoms with Crippen LogP contribution < -0.4 is 10.5 Å². The van der Waals surface area contributed by atoms with E-state index >= 15 is 0 Å². The molecule has 2 aromatic carbocycles. The molecule has 0 aliphatic heterocycles. The van der Waals surface area contributed by atoms with E-state index in [4.69, 9.17) is 10.5 Å². The largest absolute Gasteiger partial charge is 0.496 e. The normalized spacial score (nSPS) is 10.4. The Bertz CT molecular complexity index is 679. The number of hydrogen-bond acceptors (Lipinski definition) is 5. The van der Waals surface area contributed by atoms with Gasteiger partial charge in [0.05, 0.1) is 12.0 Å². The molecule has 0 saturated carbocycles. The molecule has 2 aromatic rings. The maximum Gasteiger partial charge on any atom is 0.305 e. The summed E-state index contributed by atoms with van der Waals surface area (Å²) >= 11 is 1.32. The summed E-state index contributed by atoms with van der Waals surface area (Å²) in [5.41, 5.74) is 5.99. The zero-order valence-corrected chi connectivity index (χ0v) is 12.0. The Morgan fingerprint density at radius 2 is 2.14 bits per heavy atom. The summed E-state index contributed by atoms with van der Waals surface area (Å²) < 4.78 is 19.2. The lowest BCUT2D eigenvalue weighted by molar-refractivity contribution is -0.387. The number of methoxy groups -OCH3 is 1. The quantitative estimate of drug-likeness (QED) is 0.395. The highest BCUT2D eigenvalue weighted by atomic mass is 32.2. The Hall–Kier alpha value is -2.28. The second-order valence-corrected chi connectivity index (χ2v) is 5.22. The summed E-state index contributed by atoms with van der Waals surface area (Å²) in [6.45, 7) is 0. The van der Waals surface area contributed by atoms with Gasteiger partial charge in [0.2, 0.25) is 5.82 Å². The van der Waals surface area contributed by atoms with Gasteiger partial charge in [0.15, 0.2) is 0 Å². The van der Waals surface area contributed by atoms with E-state index in [1.807, 2.05) is 0 Å². The molecule has 0 aliphatic rings. The van der Waals surface area contributed by atoms with E-state index < -0.39 is 16.4 Å². The van der Waals surface area contributed by atoms with Crippen LogP contribution in [0.1, 0.15) is 5.56 Å². The number of nitrogens with zero attached hydrogens (tertiary/aromatic N) is 1. The Kier molecular flexibility index (Phi) is 4.64. The molecule has 0 bridgehead atoms. The number of nitro benzene ring substituents is 1. The number of nitrogen functional groups attached to an aromatic ring is 1. The number of nitrogens with two attached hydrogens (primary N) is 1. The first-order chi connectivity index (χ1) is 10.0. The van der Waals surface area contributed by atoms with Crippen LogP contribution in [-0.2, 0) is 5.75 Å². The van der Waals surface area contributed by atoms with Crippen molar-refractivity contribution in [2.75, 3.05) is 12.8 Å². The number of thioether (sulfide) groups is 1. The third-order valence-corrected chi connectivity index (χ3v) is 3.93. The van der Waals surface area contributed by atoms with Crippen LogP contribution in [0.2, 0.25) is 0 Å². The molecule has 7 heteroatoms. The molecular formula is C14H13FN2O3S. The fraction of sp³-hybridized carbons (Fsp3) is 0.143. The number of halogens is 1. The Labute approximate surface area is 125 Å². The molecule has 2 N–H and O–H groups in total. The maximum absolute atomic E-state index is 14.0. The minimum Gasteiger partial charge on any atom is -0.496 e. The summed E-state index contributed by atoms with van der Waals surface area (Å²) in [5.74, 6) is 0.0450. The summed E-state index contributed by atoms with van der Waals surface area (Å²) in [6.07, 6.45) is 0. The van der Waals surface area contributed by atoms with Gasteiger partial charge in [-0.25, -0.2) is 0 Å². The second-order valence-electron chi connectivity index (χ2n) is 4.21. The standard InChI is InChI=1S/C14H13FN2O3S/c1-20-12-7-10(16)5-6-13(12)21-8-9-3-2-4-11(14(9)15)17(18)19/h2-7H,8,16H2,1H3. The van der Waals surface area contributed by atoms with Crippen molar-refractivity contribution in [3.63, 3.8) is 0 Å². The lowest BCUT2D eigenvalue weighted by Gasteiger charge is -2.09. The SMILES string of the molecule is COc1cc(N)ccc1SCc1cccc([N+](=O)[O-])c1F. The monoisotopic (exact) mass is 308 g/mol. The summed E-state index contributed by atoms with van der Waals surface area (Å²) in [5, 5.41) is 10.7. The van der Waals surface area contributed by atoms with E-state index in [1.54, 1.807) is 18.2 Å². The molecule has 110 valence electrons. The molecule has 0 spiro atoms. The average Bonchev–Trinajstić information content (AvgIpc) is 2.46. The minimum absolute atomic E-state index is 0.258. The Morgan fingerprint density at radius 1 is 1.38 bits per heavy atom. The molecule has 0 fully saturated rings. The van der Waals surface area contributed by atoms with Crippen LogP contribution in [-0.4, -0.2) is 12.0 Å². The fourth-order valence-electron chi connectivity index (χ4n) is 1.78. The highest BCUT2D eigenvalue weighted by Crippen LogP contribution is 2.34. The van der Waals surface area contributed by atoms with Crippen molar-refractivity contribution in [1.82, 2.24) is 0 Å². The van der Waals surface area contributed by atoms with E-state index in [-0.39, 0.29) is 11.3 Å². The first-order valence-electron chi connectivity index (χ1n) is 6.01. The van der Waals surface area contributed by atoms with Gasteiger partial charge in [-0.15, -0.1) is 11.8 Å². The van der Waals surface area contributed by atoms with Crippen molar-refractivity contribution in [2.24, 2.45) is 0 Å². The van der Waals surface area contributed by atoms with Gasteiger partial charge in [0, 0.05) is 34.0 Å². The molecule has 0 saturated heterocycles. The van der Waals surface area contributed by atoms with Gasteiger partial charge in [-0.2, -0.15) is 4.39 Å². The molecule has 21 heavy (non-hydrogen) atoms. The van der Waals surface area contributed by atoms with Crippen LogP contribution >= 0.6 is 11.8 Å². The zero-order valence-electron chi connectivity index (χ0n) is 11.2. The summed E-state index contributed by atoms with van der Waals surface area (Å²) in [6, 6.07) is 9.30. The van der Waals surface area contributed by atoms with Gasteiger partial charge >= 0.3 is 5.69 Å². The van der Waals surface area contributed by atoms with Crippen molar-refractivity contribution >= 4 is 23.1 Å². The maximum atomic E-state index is 14.0. The van der Waals surface area contributed by atoms with Crippen molar-refractivity contribution < 1.29 is 14.1 Å². The van der Waals surface area contributed by atoms with Gasteiger partial charge in [-0.3, -0.25) is 10.1 Å². The number of hydrogen-bond donors (Lipinski definition) is 1. The van der Waals surface area contributed by atoms with Crippen molar-refractivity contribution in [2.45, 2.75) is 10.6 Å². The molecule has 0 aromatic heterocycles.